The average Bonchev–Trinajstić information content (AvgIpc) is 2.22. The molecule has 0 aliphatic rings. The van der Waals surface area contributed by atoms with Crippen molar-refractivity contribution in [2.75, 3.05) is 30.1 Å². The molecule has 3 N–H and O–H groups in total. The highest BCUT2D eigenvalue weighted by Gasteiger charge is 2.13. The zero-order valence-electron chi connectivity index (χ0n) is 9.73. The summed E-state index contributed by atoms with van der Waals surface area (Å²) in [7, 11) is -1.39. The lowest BCUT2D eigenvalue weighted by Gasteiger charge is -2.09. The van der Waals surface area contributed by atoms with Crippen molar-refractivity contribution in [1.82, 2.24) is 5.32 Å². The van der Waals surface area contributed by atoms with Gasteiger partial charge < -0.3 is 11.1 Å². The smallest absolute Gasteiger partial charge is 0.237 e. The maximum absolute atomic E-state index is 11.3. The van der Waals surface area contributed by atoms with Gasteiger partial charge in [-0.25, -0.2) is 8.42 Å². The molecule has 0 aliphatic heterocycles. The number of nitrogens with one attached hydrogen (secondary N) is 1. The molecular weight excluding hydrogens is 248 g/mol. The minimum Gasteiger partial charge on any atom is -0.358 e. The molecule has 0 aromatic rings. The second-order valence-corrected chi connectivity index (χ2v) is 6.90. The highest BCUT2D eigenvalue weighted by atomic mass is 32.2. The SMILES string of the molecule is CCCS(=O)(=O)CCSCC(N)C(=O)NC. The first kappa shape index (κ1) is 15.7. The van der Waals surface area contributed by atoms with Gasteiger partial charge in [0.05, 0.1) is 11.8 Å². The number of likely N-dealkylation sites (N-methyl/N-ethyl adjacent to an activating group) is 1. The van der Waals surface area contributed by atoms with E-state index >= 15 is 0 Å². The second kappa shape index (κ2) is 7.92. The van der Waals surface area contributed by atoms with Gasteiger partial charge in [-0.1, -0.05) is 6.92 Å². The van der Waals surface area contributed by atoms with Crippen molar-refractivity contribution >= 4 is 27.5 Å². The van der Waals surface area contributed by atoms with Crippen molar-refractivity contribution < 1.29 is 13.2 Å². The van der Waals surface area contributed by atoms with Crippen LogP contribution in [-0.4, -0.2) is 50.4 Å². The first-order valence-corrected chi connectivity index (χ1v) is 8.16. The van der Waals surface area contributed by atoms with Gasteiger partial charge in [0.25, 0.3) is 0 Å². The van der Waals surface area contributed by atoms with Crippen LogP contribution in [0.1, 0.15) is 13.3 Å². The summed E-state index contributed by atoms with van der Waals surface area (Å²) in [6, 6.07) is -0.566. The van der Waals surface area contributed by atoms with Crippen molar-refractivity contribution in [3.05, 3.63) is 0 Å². The largest absolute Gasteiger partial charge is 0.358 e. The molecule has 0 aromatic heterocycles. The fourth-order valence-corrected chi connectivity index (χ4v) is 3.96. The van der Waals surface area contributed by atoms with Crippen LogP contribution in [0.25, 0.3) is 0 Å². The Bertz CT molecular complexity index is 304. The summed E-state index contributed by atoms with van der Waals surface area (Å²) in [6.45, 7) is 1.84. The van der Waals surface area contributed by atoms with Crippen LogP contribution in [0, 0.1) is 0 Å². The summed E-state index contributed by atoms with van der Waals surface area (Å²) in [5.41, 5.74) is 5.55. The third-order valence-corrected chi connectivity index (χ3v) is 5.14. The molecule has 96 valence electrons. The topological polar surface area (TPSA) is 89.3 Å². The number of hydrogen-bond donors (Lipinski definition) is 2. The van der Waals surface area contributed by atoms with E-state index in [-0.39, 0.29) is 17.4 Å². The Morgan fingerprint density at radius 1 is 1.44 bits per heavy atom. The maximum Gasteiger partial charge on any atom is 0.237 e. The monoisotopic (exact) mass is 268 g/mol. The maximum atomic E-state index is 11.3. The molecule has 7 heteroatoms. The summed E-state index contributed by atoms with van der Waals surface area (Å²) in [4.78, 5) is 11.0. The van der Waals surface area contributed by atoms with Crippen molar-refractivity contribution in [2.24, 2.45) is 5.73 Å². The quantitative estimate of drug-likeness (QED) is 0.586. The standard InChI is InChI=1S/C9H20N2O3S2/c1-3-5-16(13,14)6-4-15-7-8(10)9(12)11-2/h8H,3-7,10H2,1-2H3,(H,11,12). The molecule has 0 radical (unpaired) electrons. The van der Waals surface area contributed by atoms with E-state index in [0.717, 1.165) is 0 Å². The van der Waals surface area contributed by atoms with Gasteiger partial charge in [-0.15, -0.1) is 0 Å². The van der Waals surface area contributed by atoms with Crippen molar-refractivity contribution in [3.63, 3.8) is 0 Å². The number of thioether (sulfide) groups is 1. The van der Waals surface area contributed by atoms with E-state index in [1.807, 2.05) is 6.92 Å². The van der Waals surface area contributed by atoms with Crippen LogP contribution in [0.4, 0.5) is 0 Å². The number of sulfone groups is 1. The summed E-state index contributed by atoms with van der Waals surface area (Å²) in [6.07, 6.45) is 0.644. The zero-order valence-corrected chi connectivity index (χ0v) is 11.4. The molecule has 0 saturated heterocycles. The van der Waals surface area contributed by atoms with Crippen LogP contribution < -0.4 is 11.1 Å². The van der Waals surface area contributed by atoms with Crippen molar-refractivity contribution in [3.8, 4) is 0 Å². The fraction of sp³-hybridized carbons (Fsp3) is 0.889. The first-order chi connectivity index (χ1) is 7.43. The number of hydrogen-bond acceptors (Lipinski definition) is 5. The minimum absolute atomic E-state index is 0.159. The number of amides is 1. The normalized spacial score (nSPS) is 13.4. The highest BCUT2D eigenvalue weighted by molar-refractivity contribution is 8.00. The molecule has 0 aromatic carbocycles. The van der Waals surface area contributed by atoms with Crippen LogP contribution >= 0.6 is 11.8 Å². The highest BCUT2D eigenvalue weighted by Crippen LogP contribution is 2.05. The van der Waals surface area contributed by atoms with Gasteiger partial charge in [0.15, 0.2) is 9.84 Å². The van der Waals surface area contributed by atoms with Crippen molar-refractivity contribution in [2.45, 2.75) is 19.4 Å². The van der Waals surface area contributed by atoms with E-state index in [9.17, 15) is 13.2 Å². The van der Waals surface area contributed by atoms with E-state index in [2.05, 4.69) is 5.32 Å². The van der Waals surface area contributed by atoms with Gasteiger partial charge in [-0.2, -0.15) is 11.8 Å². The molecule has 0 aliphatic carbocycles. The Kier molecular flexibility index (Phi) is 7.78. The fourth-order valence-electron chi connectivity index (χ4n) is 1.07. The van der Waals surface area contributed by atoms with E-state index < -0.39 is 15.9 Å². The van der Waals surface area contributed by atoms with E-state index in [1.165, 1.54) is 18.8 Å². The third-order valence-electron chi connectivity index (χ3n) is 1.93. The molecule has 1 amide bonds. The molecule has 16 heavy (non-hydrogen) atoms. The average molecular weight is 268 g/mol. The molecule has 0 saturated carbocycles. The lowest BCUT2D eigenvalue weighted by molar-refractivity contribution is -0.121. The molecule has 1 atom stereocenters. The second-order valence-electron chi connectivity index (χ2n) is 3.45. The van der Waals surface area contributed by atoms with Gasteiger partial charge in [-0.3, -0.25) is 4.79 Å². The van der Waals surface area contributed by atoms with E-state index in [4.69, 9.17) is 5.73 Å². The van der Waals surface area contributed by atoms with Crippen molar-refractivity contribution in [1.29, 1.82) is 0 Å². The molecule has 0 heterocycles. The molecular formula is C9H20N2O3S2. The Balaban J connectivity index is 3.72. The molecule has 1 unspecified atom stereocenters. The molecule has 0 spiro atoms. The van der Waals surface area contributed by atoms with Crippen LogP contribution in [0.2, 0.25) is 0 Å². The number of nitrogens with two attached hydrogens (primary N) is 1. The zero-order chi connectivity index (χ0) is 12.6. The van der Waals surface area contributed by atoms with Crippen LogP contribution in [-0.2, 0) is 14.6 Å². The summed E-state index contributed by atoms with van der Waals surface area (Å²) in [5.74, 6) is 1.11. The summed E-state index contributed by atoms with van der Waals surface area (Å²) in [5, 5.41) is 2.45. The molecule has 0 fully saturated rings. The van der Waals surface area contributed by atoms with Crippen LogP contribution in [0.15, 0.2) is 0 Å². The Labute approximate surface area is 101 Å². The van der Waals surface area contributed by atoms with Gasteiger partial charge >= 0.3 is 0 Å². The minimum atomic E-state index is -2.92. The number of rotatable bonds is 8. The Morgan fingerprint density at radius 2 is 2.06 bits per heavy atom. The molecule has 5 nitrogen and oxygen atoms in total. The van der Waals surface area contributed by atoms with Crippen LogP contribution in [0.5, 0.6) is 0 Å². The van der Waals surface area contributed by atoms with Gasteiger partial charge in [-0.05, 0) is 6.42 Å². The summed E-state index contributed by atoms with van der Waals surface area (Å²) < 4.78 is 22.7. The van der Waals surface area contributed by atoms with Crippen LogP contribution in [0.3, 0.4) is 0 Å². The van der Waals surface area contributed by atoms with Gasteiger partial charge in [0, 0.05) is 24.3 Å². The Morgan fingerprint density at radius 3 is 2.56 bits per heavy atom. The van der Waals surface area contributed by atoms with Gasteiger partial charge in [0.1, 0.15) is 0 Å². The lowest BCUT2D eigenvalue weighted by Crippen LogP contribution is -2.40. The predicted molar refractivity (Wildman–Crippen MR) is 68.3 cm³/mol. The van der Waals surface area contributed by atoms with E-state index in [1.54, 1.807) is 0 Å². The predicted octanol–water partition coefficient (Wildman–Crippen LogP) is -0.382. The van der Waals surface area contributed by atoms with E-state index in [0.29, 0.717) is 17.9 Å². The lowest BCUT2D eigenvalue weighted by atomic mass is 10.3. The number of carbonyl (C=O) groups excluding carboxylic acids is 1. The van der Waals surface area contributed by atoms with Gasteiger partial charge in [0.2, 0.25) is 5.91 Å². The Hall–Kier alpha value is -0.270. The molecule has 0 rings (SSSR count). The first-order valence-electron chi connectivity index (χ1n) is 5.18. The third kappa shape index (κ3) is 7.08. The number of carbonyl (C=O) groups is 1. The molecule has 0 bridgehead atoms. The summed E-state index contributed by atoms with van der Waals surface area (Å²) >= 11 is 1.39.